The van der Waals surface area contributed by atoms with Gasteiger partial charge in [-0.25, -0.2) is 0 Å². The highest BCUT2D eigenvalue weighted by Gasteiger charge is 2.34. The molecule has 1 atom stereocenters. The molecule has 2 aromatic heterocycles. The Kier molecular flexibility index (Phi) is 5.22. The smallest absolute Gasteiger partial charge is 0.274 e. The standard InChI is InChI=1S/C22H26N4O3/c1-22(2,3)15-9-10-17-16(12-15)20(26-28-17)21(27)23-13-19-24-18(25-29-19)11-14-7-5-4-6-8-14/h4-8,15H,9-13H2,1-3H3,(H,23,27). The Balaban J connectivity index is 1.38. The van der Waals surface area contributed by atoms with Crippen LogP contribution in [0.4, 0.5) is 0 Å². The topological polar surface area (TPSA) is 94.1 Å². The molecule has 0 aliphatic heterocycles. The summed E-state index contributed by atoms with van der Waals surface area (Å²) in [7, 11) is 0. The Hall–Kier alpha value is -2.96. The summed E-state index contributed by atoms with van der Waals surface area (Å²) in [5.41, 5.74) is 2.59. The first-order valence-electron chi connectivity index (χ1n) is 10.0. The average molecular weight is 394 g/mol. The molecule has 152 valence electrons. The van der Waals surface area contributed by atoms with E-state index in [-0.39, 0.29) is 17.9 Å². The molecular weight excluding hydrogens is 368 g/mol. The fourth-order valence-electron chi connectivity index (χ4n) is 3.77. The number of amides is 1. The quantitative estimate of drug-likeness (QED) is 0.709. The van der Waals surface area contributed by atoms with E-state index < -0.39 is 0 Å². The molecule has 1 N–H and O–H groups in total. The zero-order valence-electron chi connectivity index (χ0n) is 17.1. The summed E-state index contributed by atoms with van der Waals surface area (Å²) >= 11 is 0. The lowest BCUT2D eigenvalue weighted by atomic mass is 9.71. The van der Waals surface area contributed by atoms with E-state index in [1.54, 1.807) is 0 Å². The van der Waals surface area contributed by atoms with E-state index in [9.17, 15) is 4.79 Å². The fraction of sp³-hybridized carbons (Fsp3) is 0.455. The number of rotatable bonds is 5. The number of fused-ring (bicyclic) bond motifs is 1. The van der Waals surface area contributed by atoms with Gasteiger partial charge in [0.25, 0.3) is 5.91 Å². The predicted octanol–water partition coefficient (Wildman–Crippen LogP) is 3.73. The summed E-state index contributed by atoms with van der Waals surface area (Å²) in [6, 6.07) is 9.93. The van der Waals surface area contributed by atoms with Crippen molar-refractivity contribution in [2.24, 2.45) is 11.3 Å². The number of benzene rings is 1. The molecule has 29 heavy (non-hydrogen) atoms. The minimum absolute atomic E-state index is 0.158. The van der Waals surface area contributed by atoms with Crippen LogP contribution in [0.15, 0.2) is 39.4 Å². The maximum Gasteiger partial charge on any atom is 0.274 e. The number of aryl methyl sites for hydroxylation is 1. The van der Waals surface area contributed by atoms with Gasteiger partial charge in [0, 0.05) is 18.4 Å². The van der Waals surface area contributed by atoms with E-state index in [0.29, 0.717) is 29.7 Å². The third-order valence-corrected chi connectivity index (χ3v) is 5.60. The molecule has 1 aliphatic carbocycles. The molecule has 0 bridgehead atoms. The molecule has 0 spiro atoms. The van der Waals surface area contributed by atoms with Crippen molar-refractivity contribution < 1.29 is 13.8 Å². The molecule has 2 heterocycles. The highest BCUT2D eigenvalue weighted by Crippen LogP contribution is 2.38. The van der Waals surface area contributed by atoms with Crippen molar-refractivity contribution in [1.82, 2.24) is 20.6 Å². The molecule has 0 radical (unpaired) electrons. The summed E-state index contributed by atoms with van der Waals surface area (Å²) in [5.74, 6) is 2.02. The highest BCUT2D eigenvalue weighted by molar-refractivity contribution is 5.93. The Morgan fingerprint density at radius 3 is 2.72 bits per heavy atom. The normalized spacial score (nSPS) is 16.4. The van der Waals surface area contributed by atoms with Gasteiger partial charge in [0.1, 0.15) is 5.76 Å². The number of carbonyl (C=O) groups is 1. The zero-order valence-corrected chi connectivity index (χ0v) is 17.1. The third kappa shape index (κ3) is 4.39. The molecule has 7 heteroatoms. The van der Waals surface area contributed by atoms with Crippen LogP contribution in [0, 0.1) is 11.3 Å². The highest BCUT2D eigenvalue weighted by atomic mass is 16.5. The van der Waals surface area contributed by atoms with Gasteiger partial charge >= 0.3 is 0 Å². The zero-order chi connectivity index (χ0) is 20.4. The molecule has 3 aromatic rings. The van der Waals surface area contributed by atoms with Crippen LogP contribution < -0.4 is 5.32 Å². The molecule has 0 saturated carbocycles. The molecule has 1 aliphatic rings. The summed E-state index contributed by atoms with van der Waals surface area (Å²) in [6.07, 6.45) is 3.28. The lowest BCUT2D eigenvalue weighted by Crippen LogP contribution is -2.29. The van der Waals surface area contributed by atoms with Crippen molar-refractivity contribution in [2.45, 2.75) is 53.0 Å². The van der Waals surface area contributed by atoms with E-state index in [2.05, 4.69) is 41.4 Å². The Labute approximate surface area is 169 Å². The predicted molar refractivity (Wildman–Crippen MR) is 106 cm³/mol. The maximum absolute atomic E-state index is 12.7. The molecule has 4 rings (SSSR count). The van der Waals surface area contributed by atoms with Gasteiger partial charge in [-0.3, -0.25) is 4.79 Å². The molecule has 1 amide bonds. The van der Waals surface area contributed by atoms with Gasteiger partial charge < -0.3 is 14.4 Å². The van der Waals surface area contributed by atoms with E-state index in [0.717, 1.165) is 36.1 Å². The van der Waals surface area contributed by atoms with Gasteiger partial charge in [0.15, 0.2) is 11.5 Å². The van der Waals surface area contributed by atoms with Crippen LogP contribution in [0.5, 0.6) is 0 Å². The summed E-state index contributed by atoms with van der Waals surface area (Å²) in [4.78, 5) is 17.0. The van der Waals surface area contributed by atoms with Crippen molar-refractivity contribution in [3.05, 3.63) is 64.6 Å². The van der Waals surface area contributed by atoms with Gasteiger partial charge in [-0.05, 0) is 29.7 Å². The van der Waals surface area contributed by atoms with E-state index in [1.165, 1.54) is 0 Å². The van der Waals surface area contributed by atoms with Gasteiger partial charge in [-0.15, -0.1) is 0 Å². The maximum atomic E-state index is 12.7. The van der Waals surface area contributed by atoms with Crippen molar-refractivity contribution in [2.75, 3.05) is 0 Å². The van der Waals surface area contributed by atoms with Gasteiger partial charge in [-0.1, -0.05) is 61.4 Å². The van der Waals surface area contributed by atoms with Crippen LogP contribution in [-0.2, 0) is 25.8 Å². The second-order valence-electron chi connectivity index (χ2n) is 8.69. The van der Waals surface area contributed by atoms with Crippen LogP contribution in [0.1, 0.15) is 66.3 Å². The van der Waals surface area contributed by atoms with Crippen LogP contribution in [0.25, 0.3) is 0 Å². The molecule has 7 nitrogen and oxygen atoms in total. The fourth-order valence-corrected chi connectivity index (χ4v) is 3.77. The van der Waals surface area contributed by atoms with Crippen LogP contribution in [0.3, 0.4) is 0 Å². The van der Waals surface area contributed by atoms with E-state index >= 15 is 0 Å². The van der Waals surface area contributed by atoms with Crippen LogP contribution >= 0.6 is 0 Å². The number of nitrogens with one attached hydrogen (secondary N) is 1. The monoisotopic (exact) mass is 394 g/mol. The van der Waals surface area contributed by atoms with Crippen molar-refractivity contribution in [1.29, 1.82) is 0 Å². The first-order valence-corrected chi connectivity index (χ1v) is 10.0. The number of hydrogen-bond acceptors (Lipinski definition) is 6. The van der Waals surface area contributed by atoms with E-state index in [1.807, 2.05) is 30.3 Å². The first-order chi connectivity index (χ1) is 13.9. The number of nitrogens with zero attached hydrogens (tertiary/aromatic N) is 3. The first kappa shape index (κ1) is 19.4. The molecule has 1 unspecified atom stereocenters. The molecule has 0 fully saturated rings. The Morgan fingerprint density at radius 1 is 1.17 bits per heavy atom. The molecular formula is C22H26N4O3. The van der Waals surface area contributed by atoms with Gasteiger partial charge in [0.05, 0.1) is 6.54 Å². The Bertz CT molecular complexity index is 985. The van der Waals surface area contributed by atoms with Crippen molar-refractivity contribution in [3.8, 4) is 0 Å². The second-order valence-corrected chi connectivity index (χ2v) is 8.69. The number of hydrogen-bond donors (Lipinski definition) is 1. The van der Waals surface area contributed by atoms with Crippen molar-refractivity contribution in [3.63, 3.8) is 0 Å². The number of aromatic nitrogens is 3. The van der Waals surface area contributed by atoms with Gasteiger partial charge in [0.2, 0.25) is 5.89 Å². The van der Waals surface area contributed by atoms with Crippen LogP contribution in [0.2, 0.25) is 0 Å². The minimum atomic E-state index is -0.271. The SMILES string of the molecule is CC(C)(C)C1CCc2onc(C(=O)NCc3nc(Cc4ccccc4)no3)c2C1. The van der Waals surface area contributed by atoms with Crippen LogP contribution in [-0.4, -0.2) is 21.2 Å². The summed E-state index contributed by atoms with van der Waals surface area (Å²) in [6.45, 7) is 6.86. The van der Waals surface area contributed by atoms with Crippen molar-refractivity contribution >= 4 is 5.91 Å². The molecule has 1 aromatic carbocycles. The Morgan fingerprint density at radius 2 is 1.97 bits per heavy atom. The minimum Gasteiger partial charge on any atom is -0.360 e. The van der Waals surface area contributed by atoms with Gasteiger partial charge in [-0.2, -0.15) is 4.98 Å². The lowest BCUT2D eigenvalue weighted by Gasteiger charge is -2.33. The lowest BCUT2D eigenvalue weighted by molar-refractivity contribution is 0.0935. The summed E-state index contributed by atoms with van der Waals surface area (Å²) < 4.78 is 10.7. The summed E-state index contributed by atoms with van der Waals surface area (Å²) in [5, 5.41) is 10.8. The molecule has 0 saturated heterocycles. The third-order valence-electron chi connectivity index (χ3n) is 5.60. The average Bonchev–Trinajstić information content (AvgIpc) is 3.32. The number of carbonyl (C=O) groups excluding carboxylic acids is 1. The van der Waals surface area contributed by atoms with E-state index in [4.69, 9.17) is 9.05 Å². The largest absolute Gasteiger partial charge is 0.360 e. The second kappa shape index (κ2) is 7.81.